The summed E-state index contributed by atoms with van der Waals surface area (Å²) in [5.41, 5.74) is 4.53. The van der Waals surface area contributed by atoms with Crippen molar-refractivity contribution in [2.45, 2.75) is 6.92 Å². The summed E-state index contributed by atoms with van der Waals surface area (Å²) in [5.74, 6) is -0.820. The van der Waals surface area contributed by atoms with E-state index in [9.17, 15) is 14.4 Å². The Labute approximate surface area is 215 Å². The van der Waals surface area contributed by atoms with Crippen molar-refractivity contribution in [3.8, 4) is 0 Å². The van der Waals surface area contributed by atoms with Crippen LogP contribution in [0.25, 0.3) is 11.3 Å². The lowest BCUT2D eigenvalue weighted by atomic mass is 10.0. The van der Waals surface area contributed by atoms with Gasteiger partial charge in [0.1, 0.15) is 5.69 Å². The molecular weight excluding hydrogens is 470 g/mol. The highest BCUT2D eigenvalue weighted by Gasteiger charge is 2.31. The fourth-order valence-corrected chi connectivity index (χ4v) is 3.93. The molecule has 2 amide bonds. The van der Waals surface area contributed by atoms with Crippen LogP contribution in [0.3, 0.4) is 0 Å². The van der Waals surface area contributed by atoms with E-state index in [2.05, 4.69) is 15.6 Å². The van der Waals surface area contributed by atoms with E-state index in [4.69, 9.17) is 4.74 Å². The van der Waals surface area contributed by atoms with Crippen LogP contribution in [0.5, 0.6) is 0 Å². The quantitative estimate of drug-likeness (QED) is 0.360. The summed E-state index contributed by atoms with van der Waals surface area (Å²) in [4.78, 5) is 45.3. The Bertz CT molecular complexity index is 1350. The molecule has 0 saturated heterocycles. The third-order valence-corrected chi connectivity index (χ3v) is 6.18. The van der Waals surface area contributed by atoms with Gasteiger partial charge in [-0.2, -0.15) is 0 Å². The molecule has 1 aliphatic heterocycles. The lowest BCUT2D eigenvalue weighted by molar-refractivity contribution is -0.128. The van der Waals surface area contributed by atoms with E-state index in [1.165, 1.54) is 13.3 Å². The number of likely N-dealkylation sites (N-methyl/N-ethyl adjacent to an activating group) is 2. The van der Waals surface area contributed by atoms with Crippen LogP contribution < -0.4 is 15.5 Å². The SMILES string of the molecule is CCN(C)C(=O)CN(C)c1ccc(N/C(=C2\C(=O)Nc3cc(C(=O)OC)cnc32)c2ccccc2)cc1. The van der Waals surface area contributed by atoms with Crippen molar-refractivity contribution in [1.82, 2.24) is 9.88 Å². The minimum absolute atomic E-state index is 0.0390. The topological polar surface area (TPSA) is 104 Å². The number of nitrogens with zero attached hydrogens (tertiary/aromatic N) is 3. The number of esters is 1. The van der Waals surface area contributed by atoms with Gasteiger partial charge in [-0.15, -0.1) is 0 Å². The molecule has 190 valence electrons. The summed E-state index contributed by atoms with van der Waals surface area (Å²) in [5, 5.41) is 6.19. The summed E-state index contributed by atoms with van der Waals surface area (Å²) in [7, 11) is 4.95. The first-order valence-electron chi connectivity index (χ1n) is 11.8. The van der Waals surface area contributed by atoms with Crippen molar-refractivity contribution in [1.29, 1.82) is 0 Å². The second-order valence-corrected chi connectivity index (χ2v) is 8.62. The maximum Gasteiger partial charge on any atom is 0.339 e. The summed E-state index contributed by atoms with van der Waals surface area (Å²) < 4.78 is 4.77. The minimum Gasteiger partial charge on any atom is -0.465 e. The Hall–Kier alpha value is -4.66. The molecule has 0 radical (unpaired) electrons. The Morgan fingerprint density at radius 2 is 1.73 bits per heavy atom. The number of carbonyl (C=O) groups is 3. The Morgan fingerprint density at radius 1 is 1.03 bits per heavy atom. The first kappa shape index (κ1) is 25.4. The number of nitrogens with one attached hydrogen (secondary N) is 2. The number of benzene rings is 2. The number of methoxy groups -OCH3 is 1. The number of fused-ring (bicyclic) bond motifs is 1. The van der Waals surface area contributed by atoms with Gasteiger partial charge in [0.25, 0.3) is 5.91 Å². The van der Waals surface area contributed by atoms with Gasteiger partial charge >= 0.3 is 5.97 Å². The van der Waals surface area contributed by atoms with Gasteiger partial charge in [0, 0.05) is 38.2 Å². The van der Waals surface area contributed by atoms with Crippen molar-refractivity contribution < 1.29 is 19.1 Å². The summed E-state index contributed by atoms with van der Waals surface area (Å²) in [6, 6.07) is 18.7. The average molecular weight is 500 g/mol. The molecule has 0 bridgehead atoms. The van der Waals surface area contributed by atoms with E-state index < -0.39 is 5.97 Å². The maximum atomic E-state index is 13.1. The zero-order valence-corrected chi connectivity index (χ0v) is 21.2. The number of carbonyl (C=O) groups excluding carboxylic acids is 3. The van der Waals surface area contributed by atoms with Gasteiger partial charge in [-0.3, -0.25) is 14.6 Å². The maximum absolute atomic E-state index is 13.1. The van der Waals surface area contributed by atoms with E-state index in [0.29, 0.717) is 29.2 Å². The highest BCUT2D eigenvalue weighted by molar-refractivity contribution is 6.37. The molecule has 9 heteroatoms. The second-order valence-electron chi connectivity index (χ2n) is 8.62. The third kappa shape index (κ3) is 5.45. The third-order valence-electron chi connectivity index (χ3n) is 6.18. The zero-order chi connectivity index (χ0) is 26.5. The summed E-state index contributed by atoms with van der Waals surface area (Å²) in [6.07, 6.45) is 1.40. The largest absolute Gasteiger partial charge is 0.465 e. The molecule has 37 heavy (non-hydrogen) atoms. The fourth-order valence-electron chi connectivity index (χ4n) is 3.93. The van der Waals surface area contributed by atoms with E-state index in [1.54, 1.807) is 18.0 Å². The van der Waals surface area contributed by atoms with Gasteiger partial charge in [0.2, 0.25) is 5.91 Å². The van der Waals surface area contributed by atoms with Crippen LogP contribution in [0.15, 0.2) is 66.9 Å². The number of pyridine rings is 1. The predicted octanol–water partition coefficient (Wildman–Crippen LogP) is 3.72. The lowest BCUT2D eigenvalue weighted by Crippen LogP contribution is -2.36. The number of amides is 2. The number of aromatic nitrogens is 1. The highest BCUT2D eigenvalue weighted by atomic mass is 16.5. The molecule has 0 fully saturated rings. The van der Waals surface area contributed by atoms with Crippen molar-refractivity contribution in [3.63, 3.8) is 0 Å². The van der Waals surface area contributed by atoms with Crippen LogP contribution in [0.4, 0.5) is 17.1 Å². The zero-order valence-electron chi connectivity index (χ0n) is 21.2. The van der Waals surface area contributed by atoms with E-state index in [0.717, 1.165) is 16.9 Å². The molecule has 0 unspecified atom stereocenters. The average Bonchev–Trinajstić information content (AvgIpc) is 3.25. The molecule has 2 N–H and O–H groups in total. The molecule has 2 aromatic carbocycles. The van der Waals surface area contributed by atoms with Gasteiger partial charge in [-0.25, -0.2) is 4.79 Å². The van der Waals surface area contributed by atoms with Crippen molar-refractivity contribution in [2.24, 2.45) is 0 Å². The lowest BCUT2D eigenvalue weighted by Gasteiger charge is -2.23. The van der Waals surface area contributed by atoms with Crippen molar-refractivity contribution in [3.05, 3.63) is 83.7 Å². The van der Waals surface area contributed by atoms with Crippen molar-refractivity contribution >= 4 is 46.1 Å². The number of rotatable bonds is 8. The van der Waals surface area contributed by atoms with E-state index in [-0.39, 0.29) is 23.9 Å². The molecule has 0 aliphatic carbocycles. The predicted molar refractivity (Wildman–Crippen MR) is 144 cm³/mol. The van der Waals surface area contributed by atoms with E-state index >= 15 is 0 Å². The Kier molecular flexibility index (Phi) is 7.52. The first-order valence-corrected chi connectivity index (χ1v) is 11.8. The van der Waals surface area contributed by atoms with Gasteiger partial charge in [0.05, 0.1) is 36.2 Å². The normalized spacial score (nSPS) is 13.4. The van der Waals surface area contributed by atoms with Crippen LogP contribution in [0, 0.1) is 0 Å². The smallest absolute Gasteiger partial charge is 0.339 e. The monoisotopic (exact) mass is 499 g/mol. The van der Waals surface area contributed by atoms with Crippen LogP contribution in [0.2, 0.25) is 0 Å². The first-order chi connectivity index (χ1) is 17.8. The summed E-state index contributed by atoms with van der Waals surface area (Å²) >= 11 is 0. The molecule has 4 rings (SSSR count). The van der Waals surface area contributed by atoms with Crippen LogP contribution in [0.1, 0.15) is 28.5 Å². The second kappa shape index (κ2) is 10.9. The molecule has 1 aromatic heterocycles. The number of anilines is 3. The van der Waals surface area contributed by atoms with Gasteiger partial charge in [-0.05, 0) is 42.8 Å². The molecule has 3 aromatic rings. The Morgan fingerprint density at radius 3 is 2.38 bits per heavy atom. The minimum atomic E-state index is -0.531. The highest BCUT2D eigenvalue weighted by Crippen LogP contribution is 2.36. The van der Waals surface area contributed by atoms with Gasteiger partial charge in [-0.1, -0.05) is 30.3 Å². The molecule has 9 nitrogen and oxygen atoms in total. The number of ether oxygens (including phenoxy) is 1. The number of hydrogen-bond acceptors (Lipinski definition) is 7. The van der Waals surface area contributed by atoms with Crippen molar-refractivity contribution in [2.75, 3.05) is 49.8 Å². The standard InChI is InChI=1S/C28H29N5O4/c1-5-32(2)23(34)17-33(3)21-13-11-20(12-14-21)30-25(18-9-7-6-8-10-18)24-26-22(31-27(24)35)15-19(16-29-26)28(36)37-4/h6-16,30H,5,17H2,1-4H3,(H,31,35)/b25-24-. The summed E-state index contributed by atoms with van der Waals surface area (Å²) in [6.45, 7) is 2.86. The Balaban J connectivity index is 1.67. The fraction of sp³-hybridized carbons (Fsp3) is 0.214. The van der Waals surface area contributed by atoms with E-state index in [1.807, 2.05) is 73.5 Å². The molecule has 2 heterocycles. The molecule has 0 saturated carbocycles. The van der Waals surface area contributed by atoms with Gasteiger partial charge < -0.3 is 25.2 Å². The molecule has 1 aliphatic rings. The van der Waals surface area contributed by atoms with Crippen LogP contribution in [-0.4, -0.2) is 62.0 Å². The van der Waals surface area contributed by atoms with Crippen LogP contribution in [-0.2, 0) is 14.3 Å². The van der Waals surface area contributed by atoms with Gasteiger partial charge in [0.15, 0.2) is 0 Å². The van der Waals surface area contributed by atoms with Crippen LogP contribution >= 0.6 is 0 Å². The molecule has 0 atom stereocenters. The number of hydrogen-bond donors (Lipinski definition) is 2. The molecule has 0 spiro atoms. The molecular formula is C28H29N5O4.